The van der Waals surface area contributed by atoms with E-state index in [1.54, 1.807) is 4.90 Å². The molecule has 6 nitrogen and oxygen atoms in total. The third-order valence-corrected chi connectivity index (χ3v) is 4.67. The summed E-state index contributed by atoms with van der Waals surface area (Å²) in [5.41, 5.74) is 1.00. The van der Waals surface area contributed by atoms with E-state index in [-0.39, 0.29) is 6.09 Å². The van der Waals surface area contributed by atoms with Crippen molar-refractivity contribution in [2.45, 2.75) is 25.4 Å². The average molecular weight is 338 g/mol. The van der Waals surface area contributed by atoms with E-state index in [2.05, 4.69) is 14.9 Å². The predicted molar refractivity (Wildman–Crippen MR) is 94.4 cm³/mol. The molecule has 25 heavy (non-hydrogen) atoms. The quantitative estimate of drug-likeness (QED) is 0.858. The Labute approximate surface area is 147 Å². The standard InChI is InChI=1S/C19H22N4O2/c24-19(25-14-15-4-2-1-3-5-15)23-12-10-22(11-13-23)17-8-9-20-18(21-17)16-6-7-16/h1-5,8-9,16H,6-7,10-14H2. The van der Waals surface area contributed by atoms with Gasteiger partial charge in [0.05, 0.1) is 0 Å². The van der Waals surface area contributed by atoms with Gasteiger partial charge in [0.25, 0.3) is 0 Å². The van der Waals surface area contributed by atoms with Gasteiger partial charge in [-0.25, -0.2) is 14.8 Å². The Kier molecular flexibility index (Phi) is 4.50. The topological polar surface area (TPSA) is 58.6 Å². The van der Waals surface area contributed by atoms with Gasteiger partial charge in [0.2, 0.25) is 0 Å². The van der Waals surface area contributed by atoms with E-state index in [1.165, 1.54) is 12.8 Å². The van der Waals surface area contributed by atoms with Crippen LogP contribution in [0, 0.1) is 0 Å². The highest BCUT2D eigenvalue weighted by molar-refractivity contribution is 5.68. The highest BCUT2D eigenvalue weighted by atomic mass is 16.6. The number of rotatable bonds is 4. The van der Waals surface area contributed by atoms with Crippen LogP contribution in [0.25, 0.3) is 0 Å². The number of carbonyl (C=O) groups is 1. The highest BCUT2D eigenvalue weighted by Crippen LogP contribution is 2.38. The highest BCUT2D eigenvalue weighted by Gasteiger charge is 2.28. The van der Waals surface area contributed by atoms with Gasteiger partial charge in [0.1, 0.15) is 18.2 Å². The molecule has 2 aromatic rings. The number of benzene rings is 1. The number of aromatic nitrogens is 2. The summed E-state index contributed by atoms with van der Waals surface area (Å²) in [5, 5.41) is 0. The van der Waals surface area contributed by atoms with Crippen LogP contribution < -0.4 is 4.90 Å². The van der Waals surface area contributed by atoms with Crippen molar-refractivity contribution < 1.29 is 9.53 Å². The van der Waals surface area contributed by atoms with Gasteiger partial charge in [-0.3, -0.25) is 0 Å². The lowest BCUT2D eigenvalue weighted by Gasteiger charge is -2.34. The molecule has 0 bridgehead atoms. The van der Waals surface area contributed by atoms with Crippen molar-refractivity contribution in [3.63, 3.8) is 0 Å². The van der Waals surface area contributed by atoms with Crippen LogP contribution >= 0.6 is 0 Å². The zero-order valence-electron chi connectivity index (χ0n) is 14.2. The van der Waals surface area contributed by atoms with E-state index < -0.39 is 0 Å². The molecule has 2 aliphatic rings. The molecular weight excluding hydrogens is 316 g/mol. The summed E-state index contributed by atoms with van der Waals surface area (Å²) < 4.78 is 5.41. The van der Waals surface area contributed by atoms with Crippen molar-refractivity contribution in [3.8, 4) is 0 Å². The maximum atomic E-state index is 12.2. The maximum absolute atomic E-state index is 12.2. The van der Waals surface area contributed by atoms with E-state index in [1.807, 2.05) is 42.6 Å². The second-order valence-electron chi connectivity index (χ2n) is 6.56. The van der Waals surface area contributed by atoms with Crippen molar-refractivity contribution in [2.75, 3.05) is 31.1 Å². The molecule has 2 fully saturated rings. The summed E-state index contributed by atoms with van der Waals surface area (Å²) in [5.74, 6) is 2.48. The number of carbonyl (C=O) groups excluding carboxylic acids is 1. The molecule has 0 spiro atoms. The van der Waals surface area contributed by atoms with Gasteiger partial charge in [-0.1, -0.05) is 30.3 Å². The molecule has 0 N–H and O–H groups in total. The summed E-state index contributed by atoms with van der Waals surface area (Å²) in [6.07, 6.45) is 4.00. The minimum absolute atomic E-state index is 0.245. The van der Waals surface area contributed by atoms with Crippen LogP contribution in [0.1, 0.15) is 30.1 Å². The number of hydrogen-bond donors (Lipinski definition) is 0. The van der Waals surface area contributed by atoms with E-state index in [9.17, 15) is 4.79 Å². The van der Waals surface area contributed by atoms with Gasteiger partial charge in [-0.2, -0.15) is 0 Å². The van der Waals surface area contributed by atoms with Crippen molar-refractivity contribution in [3.05, 3.63) is 54.0 Å². The fraction of sp³-hybridized carbons (Fsp3) is 0.421. The van der Waals surface area contributed by atoms with Crippen LogP contribution in [0.4, 0.5) is 10.6 Å². The molecule has 1 saturated heterocycles. The second kappa shape index (κ2) is 7.09. The summed E-state index contributed by atoms with van der Waals surface area (Å²) in [6.45, 7) is 3.15. The van der Waals surface area contributed by atoms with Crippen molar-refractivity contribution >= 4 is 11.9 Å². The molecule has 1 aromatic carbocycles. The fourth-order valence-electron chi connectivity index (χ4n) is 3.01. The monoisotopic (exact) mass is 338 g/mol. The van der Waals surface area contributed by atoms with Crippen molar-refractivity contribution in [2.24, 2.45) is 0 Å². The van der Waals surface area contributed by atoms with Crippen LogP contribution in [-0.2, 0) is 11.3 Å². The Morgan fingerprint density at radius 1 is 1.08 bits per heavy atom. The zero-order chi connectivity index (χ0) is 17.1. The van der Waals surface area contributed by atoms with E-state index >= 15 is 0 Å². The first-order chi connectivity index (χ1) is 12.3. The Bertz CT molecular complexity index is 725. The molecule has 1 aliphatic heterocycles. The van der Waals surface area contributed by atoms with Crippen LogP contribution in [0.2, 0.25) is 0 Å². The van der Waals surface area contributed by atoms with Gasteiger partial charge in [-0.05, 0) is 24.5 Å². The van der Waals surface area contributed by atoms with Gasteiger partial charge in [0, 0.05) is 38.3 Å². The molecule has 0 unspecified atom stereocenters. The molecule has 1 aliphatic carbocycles. The third-order valence-electron chi connectivity index (χ3n) is 4.67. The number of amides is 1. The number of anilines is 1. The summed E-state index contributed by atoms with van der Waals surface area (Å²) in [6, 6.07) is 11.7. The maximum Gasteiger partial charge on any atom is 0.410 e. The summed E-state index contributed by atoms with van der Waals surface area (Å²) in [4.78, 5) is 25.3. The minimum Gasteiger partial charge on any atom is -0.445 e. The molecule has 1 aromatic heterocycles. The summed E-state index contributed by atoms with van der Waals surface area (Å²) in [7, 11) is 0. The molecule has 0 radical (unpaired) electrons. The second-order valence-corrected chi connectivity index (χ2v) is 6.56. The molecule has 6 heteroatoms. The van der Waals surface area contributed by atoms with Crippen LogP contribution in [0.15, 0.2) is 42.6 Å². The first kappa shape index (κ1) is 15.9. The van der Waals surface area contributed by atoms with E-state index in [0.29, 0.717) is 25.6 Å². The molecule has 130 valence electrons. The average Bonchev–Trinajstić information content (AvgIpc) is 3.52. The molecule has 0 atom stereocenters. The van der Waals surface area contributed by atoms with Crippen molar-refractivity contribution in [1.82, 2.24) is 14.9 Å². The SMILES string of the molecule is O=C(OCc1ccccc1)N1CCN(c2ccnc(C3CC3)n2)CC1. The Hall–Kier alpha value is -2.63. The Morgan fingerprint density at radius 3 is 2.56 bits per heavy atom. The molecule has 2 heterocycles. The predicted octanol–water partition coefficient (Wildman–Crippen LogP) is 2.81. The lowest BCUT2D eigenvalue weighted by molar-refractivity contribution is 0.0941. The van der Waals surface area contributed by atoms with Crippen LogP contribution in [0.5, 0.6) is 0 Å². The van der Waals surface area contributed by atoms with Crippen LogP contribution in [0.3, 0.4) is 0 Å². The van der Waals surface area contributed by atoms with Crippen molar-refractivity contribution in [1.29, 1.82) is 0 Å². The van der Waals surface area contributed by atoms with Gasteiger partial charge in [0.15, 0.2) is 0 Å². The van der Waals surface area contributed by atoms with Crippen LogP contribution in [-0.4, -0.2) is 47.1 Å². The largest absolute Gasteiger partial charge is 0.445 e. The van der Waals surface area contributed by atoms with E-state index in [0.717, 1.165) is 30.3 Å². The smallest absolute Gasteiger partial charge is 0.410 e. The summed E-state index contributed by atoms with van der Waals surface area (Å²) >= 11 is 0. The minimum atomic E-state index is -0.245. The number of ether oxygens (including phenoxy) is 1. The lowest BCUT2D eigenvalue weighted by atomic mass is 10.2. The fourth-order valence-corrected chi connectivity index (χ4v) is 3.01. The van der Waals surface area contributed by atoms with Gasteiger partial charge in [-0.15, -0.1) is 0 Å². The Morgan fingerprint density at radius 2 is 1.84 bits per heavy atom. The third kappa shape index (κ3) is 3.90. The van der Waals surface area contributed by atoms with Gasteiger partial charge < -0.3 is 14.5 Å². The van der Waals surface area contributed by atoms with Gasteiger partial charge >= 0.3 is 6.09 Å². The number of piperazine rings is 1. The number of hydrogen-bond acceptors (Lipinski definition) is 5. The molecule has 1 amide bonds. The first-order valence-electron chi connectivity index (χ1n) is 8.83. The molecule has 4 rings (SSSR count). The molecular formula is C19H22N4O2. The molecule has 1 saturated carbocycles. The first-order valence-corrected chi connectivity index (χ1v) is 8.83. The Balaban J connectivity index is 1.29. The zero-order valence-corrected chi connectivity index (χ0v) is 14.2. The normalized spacial score (nSPS) is 17.4. The number of nitrogens with zero attached hydrogens (tertiary/aromatic N) is 4. The van der Waals surface area contributed by atoms with E-state index in [4.69, 9.17) is 4.74 Å². The lowest BCUT2D eigenvalue weighted by Crippen LogP contribution is -2.49.